The first-order chi connectivity index (χ1) is 8.66. The SMILES string of the molecule is Cc1[nH]nc(-c2ccc3c(c2)CCN3)c1C(=O)O. The summed E-state index contributed by atoms with van der Waals surface area (Å²) >= 11 is 0. The van der Waals surface area contributed by atoms with E-state index in [0.29, 0.717) is 11.4 Å². The number of carbonyl (C=O) groups is 1. The highest BCUT2D eigenvalue weighted by atomic mass is 16.4. The number of aromatic carboxylic acids is 1. The van der Waals surface area contributed by atoms with E-state index in [-0.39, 0.29) is 5.56 Å². The molecule has 5 nitrogen and oxygen atoms in total. The van der Waals surface area contributed by atoms with Gasteiger partial charge in [-0.1, -0.05) is 6.07 Å². The van der Waals surface area contributed by atoms with E-state index in [1.807, 2.05) is 18.2 Å². The van der Waals surface area contributed by atoms with Crippen LogP contribution in [-0.4, -0.2) is 27.8 Å². The lowest BCUT2D eigenvalue weighted by Crippen LogP contribution is -1.99. The summed E-state index contributed by atoms with van der Waals surface area (Å²) in [6, 6.07) is 5.89. The van der Waals surface area contributed by atoms with E-state index in [0.717, 1.165) is 24.2 Å². The lowest BCUT2D eigenvalue weighted by molar-refractivity contribution is 0.0697. The predicted octanol–water partition coefficient (Wildman–Crippen LogP) is 2.05. The topological polar surface area (TPSA) is 78.0 Å². The third kappa shape index (κ3) is 1.55. The average molecular weight is 243 g/mol. The smallest absolute Gasteiger partial charge is 0.339 e. The Morgan fingerprint density at radius 3 is 3.06 bits per heavy atom. The van der Waals surface area contributed by atoms with Gasteiger partial charge >= 0.3 is 5.97 Å². The first-order valence-corrected chi connectivity index (χ1v) is 5.82. The predicted molar refractivity (Wildman–Crippen MR) is 67.9 cm³/mol. The molecule has 0 saturated carbocycles. The molecular formula is C13H13N3O2. The molecular weight excluding hydrogens is 230 g/mol. The van der Waals surface area contributed by atoms with Gasteiger partial charge < -0.3 is 10.4 Å². The Balaban J connectivity index is 2.13. The van der Waals surface area contributed by atoms with Crippen molar-refractivity contribution in [1.82, 2.24) is 10.2 Å². The molecule has 2 aromatic rings. The molecule has 0 amide bonds. The number of aryl methyl sites for hydroxylation is 1. The van der Waals surface area contributed by atoms with Crippen LogP contribution in [0.2, 0.25) is 0 Å². The summed E-state index contributed by atoms with van der Waals surface area (Å²) in [6.07, 6.45) is 0.967. The maximum atomic E-state index is 11.2. The van der Waals surface area contributed by atoms with E-state index in [2.05, 4.69) is 15.5 Å². The number of H-pyrrole nitrogens is 1. The fraction of sp³-hybridized carbons (Fsp3) is 0.231. The normalized spacial score (nSPS) is 13.2. The van der Waals surface area contributed by atoms with Crippen molar-refractivity contribution in [3.8, 4) is 11.3 Å². The van der Waals surface area contributed by atoms with Crippen molar-refractivity contribution in [1.29, 1.82) is 0 Å². The zero-order valence-electron chi connectivity index (χ0n) is 9.95. The lowest BCUT2D eigenvalue weighted by Gasteiger charge is -2.03. The number of aromatic amines is 1. The number of hydrogen-bond donors (Lipinski definition) is 3. The van der Waals surface area contributed by atoms with Gasteiger partial charge in [-0.3, -0.25) is 5.10 Å². The quantitative estimate of drug-likeness (QED) is 0.754. The van der Waals surface area contributed by atoms with Crippen LogP contribution >= 0.6 is 0 Å². The van der Waals surface area contributed by atoms with Gasteiger partial charge in [-0.15, -0.1) is 0 Å². The average Bonchev–Trinajstić information content (AvgIpc) is 2.93. The van der Waals surface area contributed by atoms with Crippen LogP contribution in [0.1, 0.15) is 21.6 Å². The van der Waals surface area contributed by atoms with Gasteiger partial charge in [-0.05, 0) is 31.0 Å². The number of carboxylic acids is 1. The van der Waals surface area contributed by atoms with Crippen LogP contribution in [0.3, 0.4) is 0 Å². The second-order valence-corrected chi connectivity index (χ2v) is 4.43. The first kappa shape index (κ1) is 10.8. The van der Waals surface area contributed by atoms with Gasteiger partial charge in [0.25, 0.3) is 0 Å². The lowest BCUT2D eigenvalue weighted by atomic mass is 10.0. The number of fused-ring (bicyclic) bond motifs is 1. The maximum Gasteiger partial charge on any atom is 0.339 e. The summed E-state index contributed by atoms with van der Waals surface area (Å²) in [7, 11) is 0. The molecule has 0 spiro atoms. The Morgan fingerprint density at radius 2 is 2.28 bits per heavy atom. The van der Waals surface area contributed by atoms with Crippen LogP contribution in [0.15, 0.2) is 18.2 Å². The molecule has 92 valence electrons. The molecule has 18 heavy (non-hydrogen) atoms. The Hall–Kier alpha value is -2.30. The number of aromatic nitrogens is 2. The molecule has 3 N–H and O–H groups in total. The molecule has 0 fully saturated rings. The standard InChI is InChI=1S/C13H13N3O2/c1-7-11(13(17)18)12(16-15-7)9-2-3-10-8(6-9)4-5-14-10/h2-3,6,14H,4-5H2,1H3,(H,15,16)(H,17,18). The fourth-order valence-electron chi connectivity index (χ4n) is 2.35. The number of anilines is 1. The highest BCUT2D eigenvalue weighted by molar-refractivity contribution is 5.96. The number of nitrogens with one attached hydrogen (secondary N) is 2. The Morgan fingerprint density at radius 1 is 1.44 bits per heavy atom. The van der Waals surface area contributed by atoms with Gasteiger partial charge in [-0.25, -0.2) is 4.79 Å². The summed E-state index contributed by atoms with van der Waals surface area (Å²) in [6.45, 7) is 2.65. The van der Waals surface area contributed by atoms with Crippen LogP contribution < -0.4 is 5.32 Å². The minimum atomic E-state index is -0.949. The Kier molecular flexibility index (Phi) is 2.33. The third-order valence-electron chi connectivity index (χ3n) is 3.25. The number of rotatable bonds is 2. The van der Waals surface area contributed by atoms with Crippen molar-refractivity contribution in [2.24, 2.45) is 0 Å². The third-order valence-corrected chi connectivity index (χ3v) is 3.25. The second kappa shape index (κ2) is 3.87. The fourth-order valence-corrected chi connectivity index (χ4v) is 2.35. The molecule has 1 aliphatic heterocycles. The van der Waals surface area contributed by atoms with Crippen LogP contribution in [0.25, 0.3) is 11.3 Å². The van der Waals surface area contributed by atoms with Crippen molar-refractivity contribution >= 4 is 11.7 Å². The largest absolute Gasteiger partial charge is 0.478 e. The summed E-state index contributed by atoms with van der Waals surface area (Å²) in [5.74, 6) is -0.949. The minimum absolute atomic E-state index is 0.251. The van der Waals surface area contributed by atoms with Gasteiger partial charge in [0.2, 0.25) is 0 Å². The highest BCUT2D eigenvalue weighted by Crippen LogP contribution is 2.30. The molecule has 3 rings (SSSR count). The van der Waals surface area contributed by atoms with E-state index < -0.39 is 5.97 Å². The van der Waals surface area contributed by atoms with Crippen LogP contribution in [0, 0.1) is 6.92 Å². The number of nitrogens with zero attached hydrogens (tertiary/aromatic N) is 1. The van der Waals surface area contributed by atoms with Crippen molar-refractivity contribution in [3.63, 3.8) is 0 Å². The molecule has 1 aliphatic rings. The second-order valence-electron chi connectivity index (χ2n) is 4.43. The number of benzene rings is 1. The minimum Gasteiger partial charge on any atom is -0.478 e. The Bertz CT molecular complexity index is 631. The molecule has 0 unspecified atom stereocenters. The van der Waals surface area contributed by atoms with E-state index in [1.165, 1.54) is 5.56 Å². The van der Waals surface area contributed by atoms with Crippen molar-refractivity contribution in [2.75, 3.05) is 11.9 Å². The van der Waals surface area contributed by atoms with E-state index in [4.69, 9.17) is 0 Å². The van der Waals surface area contributed by atoms with E-state index in [9.17, 15) is 9.90 Å². The van der Waals surface area contributed by atoms with Crippen LogP contribution in [0.4, 0.5) is 5.69 Å². The summed E-state index contributed by atoms with van der Waals surface area (Å²) in [4.78, 5) is 11.2. The van der Waals surface area contributed by atoms with Crippen LogP contribution in [0.5, 0.6) is 0 Å². The molecule has 2 heterocycles. The molecule has 5 heteroatoms. The van der Waals surface area contributed by atoms with Crippen molar-refractivity contribution in [2.45, 2.75) is 13.3 Å². The van der Waals surface area contributed by atoms with E-state index in [1.54, 1.807) is 6.92 Å². The summed E-state index contributed by atoms with van der Waals surface area (Å²) < 4.78 is 0. The van der Waals surface area contributed by atoms with E-state index >= 15 is 0 Å². The molecule has 0 aliphatic carbocycles. The number of hydrogen-bond acceptors (Lipinski definition) is 3. The van der Waals surface area contributed by atoms with Crippen molar-refractivity contribution < 1.29 is 9.90 Å². The van der Waals surface area contributed by atoms with Crippen LogP contribution in [-0.2, 0) is 6.42 Å². The Labute approximate surface area is 104 Å². The zero-order valence-corrected chi connectivity index (χ0v) is 9.95. The molecule has 0 atom stereocenters. The molecule has 0 saturated heterocycles. The molecule has 0 radical (unpaired) electrons. The van der Waals surface area contributed by atoms with Gasteiger partial charge in [0.05, 0.1) is 0 Å². The first-order valence-electron chi connectivity index (χ1n) is 5.82. The highest BCUT2D eigenvalue weighted by Gasteiger charge is 2.20. The van der Waals surface area contributed by atoms with Crippen molar-refractivity contribution in [3.05, 3.63) is 35.0 Å². The summed E-state index contributed by atoms with van der Waals surface area (Å²) in [5, 5.41) is 19.3. The molecule has 1 aromatic carbocycles. The van der Waals surface area contributed by atoms with Gasteiger partial charge in [0.1, 0.15) is 11.3 Å². The van der Waals surface area contributed by atoms with Gasteiger partial charge in [0.15, 0.2) is 0 Å². The monoisotopic (exact) mass is 243 g/mol. The maximum absolute atomic E-state index is 11.2. The molecule has 1 aromatic heterocycles. The zero-order chi connectivity index (χ0) is 12.7. The molecule has 0 bridgehead atoms. The summed E-state index contributed by atoms with van der Waals surface area (Å²) in [5.41, 5.74) is 4.53. The number of carboxylic acid groups (broad SMARTS) is 1. The van der Waals surface area contributed by atoms with Gasteiger partial charge in [0, 0.05) is 23.5 Å². The van der Waals surface area contributed by atoms with Gasteiger partial charge in [-0.2, -0.15) is 5.10 Å².